The lowest BCUT2D eigenvalue weighted by Crippen LogP contribution is -2.24. The minimum absolute atomic E-state index is 0.230. The van der Waals surface area contributed by atoms with Gasteiger partial charge >= 0.3 is 5.97 Å². The number of nitrogens with zero attached hydrogens (tertiary/aromatic N) is 1. The Hall–Kier alpha value is -4.04. The van der Waals surface area contributed by atoms with Crippen molar-refractivity contribution in [2.75, 3.05) is 20.8 Å². The molecule has 0 bridgehead atoms. The van der Waals surface area contributed by atoms with Crippen LogP contribution in [0.15, 0.2) is 71.8 Å². The predicted octanol–water partition coefficient (Wildman–Crippen LogP) is 4.11. The number of hydrogen-bond donors (Lipinski definition) is 1. The van der Waals surface area contributed by atoms with Gasteiger partial charge in [-0.1, -0.05) is 23.7 Å². The summed E-state index contributed by atoms with van der Waals surface area (Å²) < 4.78 is 21.1. The number of ether oxygens (including phenoxy) is 4. The first-order valence-electron chi connectivity index (χ1n) is 9.73. The maximum atomic E-state index is 12.4. The highest BCUT2D eigenvalue weighted by molar-refractivity contribution is 6.32. The second-order valence-corrected chi connectivity index (χ2v) is 6.95. The lowest BCUT2D eigenvalue weighted by molar-refractivity contribution is -0.123. The van der Waals surface area contributed by atoms with Crippen molar-refractivity contribution in [1.82, 2.24) is 5.43 Å². The van der Waals surface area contributed by atoms with Crippen molar-refractivity contribution in [1.29, 1.82) is 0 Å². The van der Waals surface area contributed by atoms with Gasteiger partial charge in [-0.15, -0.1) is 0 Å². The van der Waals surface area contributed by atoms with Crippen LogP contribution in [-0.2, 0) is 4.79 Å². The summed E-state index contributed by atoms with van der Waals surface area (Å²) in [5, 5.41) is 4.30. The Balaban J connectivity index is 1.50. The number of esters is 1. The van der Waals surface area contributed by atoms with Gasteiger partial charge in [-0.05, 0) is 60.2 Å². The normalized spacial score (nSPS) is 10.5. The average molecular weight is 469 g/mol. The summed E-state index contributed by atoms with van der Waals surface area (Å²) in [5.41, 5.74) is 3.37. The van der Waals surface area contributed by atoms with Gasteiger partial charge in [0.15, 0.2) is 18.1 Å². The van der Waals surface area contributed by atoms with Crippen LogP contribution < -0.4 is 24.4 Å². The summed E-state index contributed by atoms with van der Waals surface area (Å²) in [5.74, 6) is 0.730. The Kier molecular flexibility index (Phi) is 8.26. The summed E-state index contributed by atoms with van der Waals surface area (Å²) in [4.78, 5) is 24.2. The van der Waals surface area contributed by atoms with Crippen molar-refractivity contribution < 1.29 is 28.5 Å². The maximum Gasteiger partial charge on any atom is 0.343 e. The maximum absolute atomic E-state index is 12.4. The molecule has 3 rings (SSSR count). The molecule has 0 aliphatic rings. The van der Waals surface area contributed by atoms with Crippen LogP contribution in [-0.4, -0.2) is 38.9 Å². The van der Waals surface area contributed by atoms with Crippen LogP contribution >= 0.6 is 11.6 Å². The monoisotopic (exact) mass is 468 g/mol. The molecule has 0 fully saturated rings. The number of nitrogens with one attached hydrogen (secondary N) is 1. The van der Waals surface area contributed by atoms with Crippen molar-refractivity contribution >= 4 is 29.7 Å². The van der Waals surface area contributed by atoms with E-state index in [1.54, 1.807) is 66.7 Å². The fourth-order valence-corrected chi connectivity index (χ4v) is 2.86. The minimum Gasteiger partial charge on any atom is -0.493 e. The third-order valence-corrected chi connectivity index (χ3v) is 4.62. The average Bonchev–Trinajstić information content (AvgIpc) is 2.84. The van der Waals surface area contributed by atoms with Crippen LogP contribution in [0.2, 0.25) is 5.02 Å². The zero-order chi connectivity index (χ0) is 23.6. The molecule has 0 aliphatic carbocycles. The van der Waals surface area contributed by atoms with E-state index in [-0.39, 0.29) is 6.61 Å². The number of rotatable bonds is 9. The highest BCUT2D eigenvalue weighted by Crippen LogP contribution is 2.28. The highest BCUT2D eigenvalue weighted by atomic mass is 35.5. The smallest absolute Gasteiger partial charge is 0.343 e. The van der Waals surface area contributed by atoms with Gasteiger partial charge in [0.1, 0.15) is 11.5 Å². The molecule has 0 radical (unpaired) electrons. The van der Waals surface area contributed by atoms with E-state index in [4.69, 9.17) is 30.5 Å². The molecule has 0 spiro atoms. The number of carbonyl (C=O) groups excluding carboxylic acids is 2. The van der Waals surface area contributed by atoms with E-state index in [0.717, 1.165) is 0 Å². The van der Waals surface area contributed by atoms with Crippen LogP contribution in [0.25, 0.3) is 0 Å². The van der Waals surface area contributed by atoms with Crippen molar-refractivity contribution in [2.45, 2.75) is 0 Å². The molecule has 0 saturated heterocycles. The van der Waals surface area contributed by atoms with Gasteiger partial charge in [0.05, 0.1) is 31.0 Å². The van der Waals surface area contributed by atoms with E-state index >= 15 is 0 Å². The number of hydrazone groups is 1. The lowest BCUT2D eigenvalue weighted by atomic mass is 10.2. The zero-order valence-electron chi connectivity index (χ0n) is 17.9. The third-order valence-electron chi connectivity index (χ3n) is 4.31. The van der Waals surface area contributed by atoms with Crippen LogP contribution in [0.3, 0.4) is 0 Å². The van der Waals surface area contributed by atoms with E-state index < -0.39 is 11.9 Å². The topological polar surface area (TPSA) is 95.5 Å². The van der Waals surface area contributed by atoms with Gasteiger partial charge in [0, 0.05) is 0 Å². The largest absolute Gasteiger partial charge is 0.493 e. The first-order chi connectivity index (χ1) is 16.0. The molecular formula is C24H21ClN2O6. The zero-order valence-corrected chi connectivity index (χ0v) is 18.7. The molecule has 0 atom stereocenters. The van der Waals surface area contributed by atoms with Gasteiger partial charge in [-0.25, -0.2) is 10.2 Å². The highest BCUT2D eigenvalue weighted by Gasteiger charge is 2.13. The molecule has 170 valence electrons. The summed E-state index contributed by atoms with van der Waals surface area (Å²) in [6.07, 6.45) is 1.45. The second-order valence-electron chi connectivity index (χ2n) is 6.54. The second kappa shape index (κ2) is 11.5. The van der Waals surface area contributed by atoms with E-state index in [0.29, 0.717) is 39.1 Å². The van der Waals surface area contributed by atoms with Gasteiger partial charge in [0.25, 0.3) is 5.91 Å². The Morgan fingerprint density at radius 3 is 2.36 bits per heavy atom. The van der Waals surface area contributed by atoms with Gasteiger partial charge in [-0.2, -0.15) is 5.10 Å². The molecule has 8 nitrogen and oxygen atoms in total. The first-order valence-corrected chi connectivity index (χ1v) is 10.1. The van der Waals surface area contributed by atoms with Crippen molar-refractivity contribution in [3.8, 4) is 23.0 Å². The third kappa shape index (κ3) is 6.72. The van der Waals surface area contributed by atoms with Crippen LogP contribution in [0.5, 0.6) is 23.0 Å². The molecule has 0 aromatic heterocycles. The molecule has 3 aromatic rings. The molecule has 0 aliphatic heterocycles. The van der Waals surface area contributed by atoms with Gasteiger partial charge in [-0.3, -0.25) is 4.79 Å². The summed E-state index contributed by atoms with van der Waals surface area (Å²) in [6, 6.07) is 18.2. The summed E-state index contributed by atoms with van der Waals surface area (Å²) in [6.45, 7) is -0.230. The Labute approximate surface area is 195 Å². The molecule has 9 heteroatoms. The van der Waals surface area contributed by atoms with E-state index in [1.807, 2.05) is 0 Å². The summed E-state index contributed by atoms with van der Waals surface area (Å²) >= 11 is 5.97. The predicted molar refractivity (Wildman–Crippen MR) is 124 cm³/mol. The Morgan fingerprint density at radius 1 is 0.939 bits per heavy atom. The van der Waals surface area contributed by atoms with Gasteiger partial charge in [0.2, 0.25) is 0 Å². The molecule has 33 heavy (non-hydrogen) atoms. The van der Waals surface area contributed by atoms with Crippen LogP contribution in [0.4, 0.5) is 0 Å². The van der Waals surface area contributed by atoms with Crippen molar-refractivity contribution in [3.63, 3.8) is 0 Å². The number of hydrogen-bond acceptors (Lipinski definition) is 7. The Morgan fingerprint density at radius 2 is 1.67 bits per heavy atom. The molecule has 1 N–H and O–H groups in total. The number of amides is 1. The van der Waals surface area contributed by atoms with Crippen molar-refractivity contribution in [2.24, 2.45) is 5.10 Å². The lowest BCUT2D eigenvalue weighted by Gasteiger charge is -2.09. The number of benzene rings is 3. The minimum atomic E-state index is -0.539. The number of halogens is 1. The number of para-hydroxylation sites is 1. The van der Waals surface area contributed by atoms with E-state index in [2.05, 4.69) is 10.5 Å². The molecule has 0 heterocycles. The van der Waals surface area contributed by atoms with Crippen molar-refractivity contribution in [3.05, 3.63) is 82.9 Å². The standard InChI is InChI=1S/C24H21ClN2O6/c1-30-21-12-9-17(13-22(21)31-2)24(29)33-18-10-7-16(8-11-18)14-26-27-23(28)15-32-20-6-4-3-5-19(20)25/h3-14H,15H2,1-2H3,(H,27,28)/b26-14+. The van der Waals surface area contributed by atoms with Gasteiger partial charge < -0.3 is 18.9 Å². The fraction of sp³-hybridized carbons (Fsp3) is 0.125. The first kappa shape index (κ1) is 23.6. The molecular weight excluding hydrogens is 448 g/mol. The molecule has 1 amide bonds. The molecule has 0 unspecified atom stereocenters. The molecule has 0 saturated carbocycles. The molecule has 3 aromatic carbocycles. The summed E-state index contributed by atoms with van der Waals surface area (Å²) in [7, 11) is 3.00. The Bertz CT molecular complexity index is 1150. The van der Waals surface area contributed by atoms with E-state index in [9.17, 15) is 9.59 Å². The van der Waals surface area contributed by atoms with Crippen LogP contribution in [0.1, 0.15) is 15.9 Å². The number of carbonyl (C=O) groups is 2. The van der Waals surface area contributed by atoms with E-state index in [1.165, 1.54) is 20.4 Å². The SMILES string of the molecule is COc1ccc(C(=O)Oc2ccc(/C=N/NC(=O)COc3ccccc3Cl)cc2)cc1OC. The van der Waals surface area contributed by atoms with Crippen LogP contribution in [0, 0.1) is 0 Å². The quantitative estimate of drug-likeness (QED) is 0.220. The fourth-order valence-electron chi connectivity index (χ4n) is 2.67. The number of methoxy groups -OCH3 is 2.